The summed E-state index contributed by atoms with van der Waals surface area (Å²) in [5.41, 5.74) is 0. The van der Waals surface area contributed by atoms with Gasteiger partial charge in [-0.3, -0.25) is 4.79 Å². The van der Waals surface area contributed by atoms with Crippen LogP contribution in [0.4, 0.5) is 0 Å². The molecule has 0 heterocycles. The van der Waals surface area contributed by atoms with Gasteiger partial charge in [-0.1, -0.05) is 13.8 Å². The van der Waals surface area contributed by atoms with Crippen molar-refractivity contribution in [2.45, 2.75) is 26.1 Å². The molecule has 0 fully saturated rings. The van der Waals surface area contributed by atoms with Gasteiger partial charge in [-0.15, -0.1) is 11.6 Å². The molecule has 0 aromatic carbocycles. The van der Waals surface area contributed by atoms with Crippen LogP contribution in [0.5, 0.6) is 0 Å². The second kappa shape index (κ2) is 3.81. The molecule has 0 aromatic heterocycles. The lowest BCUT2D eigenvalue weighted by molar-refractivity contribution is -0.143. The predicted octanol–water partition coefficient (Wildman–Crippen LogP) is 1.97. The van der Waals surface area contributed by atoms with E-state index in [4.69, 9.17) is 16.7 Å². The quantitative estimate of drug-likeness (QED) is 0.648. The zero-order valence-corrected chi connectivity index (χ0v) is 7.22. The monoisotopic (exact) mass is 164 g/mol. The van der Waals surface area contributed by atoms with Crippen molar-refractivity contribution >= 4 is 17.6 Å². The number of carboxylic acid groups (broad SMARTS) is 1. The molecule has 2 atom stereocenters. The van der Waals surface area contributed by atoms with Crippen LogP contribution in [-0.4, -0.2) is 16.5 Å². The summed E-state index contributed by atoms with van der Waals surface area (Å²) in [5, 5.41) is 8.34. The van der Waals surface area contributed by atoms with Gasteiger partial charge in [0.15, 0.2) is 0 Å². The molecule has 3 heteroatoms. The third-order valence-corrected chi connectivity index (χ3v) is 1.77. The van der Waals surface area contributed by atoms with Gasteiger partial charge in [0, 0.05) is 5.38 Å². The average molecular weight is 165 g/mol. The van der Waals surface area contributed by atoms with Crippen molar-refractivity contribution in [1.82, 2.24) is 0 Å². The van der Waals surface area contributed by atoms with Gasteiger partial charge in [0.2, 0.25) is 0 Å². The molecule has 0 aliphatic heterocycles. The minimum Gasteiger partial charge on any atom is -0.481 e. The van der Waals surface area contributed by atoms with Gasteiger partial charge >= 0.3 is 5.97 Å². The molecule has 0 radical (unpaired) electrons. The maximum absolute atomic E-state index is 10.5. The van der Waals surface area contributed by atoms with Crippen molar-refractivity contribution in [3.8, 4) is 0 Å². The summed E-state index contributed by atoms with van der Waals surface area (Å²) in [5.74, 6) is -1.14. The highest BCUT2D eigenvalue weighted by molar-refractivity contribution is 6.21. The van der Waals surface area contributed by atoms with Gasteiger partial charge in [-0.05, 0) is 12.8 Å². The fourth-order valence-electron chi connectivity index (χ4n) is 1.01. The first-order valence-electron chi connectivity index (χ1n) is 3.33. The van der Waals surface area contributed by atoms with Crippen molar-refractivity contribution in [3.05, 3.63) is 0 Å². The van der Waals surface area contributed by atoms with Crippen LogP contribution in [0.15, 0.2) is 0 Å². The fraction of sp³-hybridized carbons (Fsp3) is 0.857. The molecule has 0 amide bonds. The summed E-state index contributed by atoms with van der Waals surface area (Å²) >= 11 is 5.65. The van der Waals surface area contributed by atoms with Crippen LogP contribution in [0.25, 0.3) is 0 Å². The van der Waals surface area contributed by atoms with Crippen LogP contribution >= 0.6 is 11.6 Å². The van der Waals surface area contributed by atoms with Crippen molar-refractivity contribution in [3.63, 3.8) is 0 Å². The van der Waals surface area contributed by atoms with Crippen molar-refractivity contribution < 1.29 is 9.90 Å². The molecule has 0 aliphatic carbocycles. The Labute approximate surface area is 66.2 Å². The highest BCUT2D eigenvalue weighted by Gasteiger charge is 2.25. The SMILES string of the molecule is CC(C)C(C(=O)O)C(C)Cl. The van der Waals surface area contributed by atoms with Gasteiger partial charge in [-0.25, -0.2) is 0 Å². The molecule has 60 valence electrons. The van der Waals surface area contributed by atoms with E-state index in [1.54, 1.807) is 6.92 Å². The summed E-state index contributed by atoms with van der Waals surface area (Å²) in [6.07, 6.45) is 0. The van der Waals surface area contributed by atoms with E-state index in [-0.39, 0.29) is 11.3 Å². The van der Waals surface area contributed by atoms with Crippen LogP contribution in [0.2, 0.25) is 0 Å². The maximum Gasteiger partial charge on any atom is 0.308 e. The predicted molar refractivity (Wildman–Crippen MR) is 41.3 cm³/mol. The van der Waals surface area contributed by atoms with E-state index in [0.717, 1.165) is 0 Å². The van der Waals surface area contributed by atoms with E-state index in [1.807, 2.05) is 13.8 Å². The smallest absolute Gasteiger partial charge is 0.308 e. The van der Waals surface area contributed by atoms with E-state index >= 15 is 0 Å². The molecule has 0 saturated carbocycles. The highest BCUT2D eigenvalue weighted by Crippen LogP contribution is 2.19. The van der Waals surface area contributed by atoms with Gasteiger partial charge in [0.1, 0.15) is 0 Å². The molecule has 0 saturated heterocycles. The molecule has 2 nitrogen and oxygen atoms in total. The Morgan fingerprint density at radius 1 is 1.40 bits per heavy atom. The van der Waals surface area contributed by atoms with Crippen molar-refractivity contribution in [2.75, 3.05) is 0 Å². The Morgan fingerprint density at radius 3 is 1.80 bits per heavy atom. The minimum absolute atomic E-state index is 0.102. The van der Waals surface area contributed by atoms with E-state index in [1.165, 1.54) is 0 Å². The number of carbonyl (C=O) groups is 1. The number of hydrogen-bond acceptors (Lipinski definition) is 1. The third-order valence-electron chi connectivity index (χ3n) is 1.50. The van der Waals surface area contributed by atoms with E-state index < -0.39 is 11.9 Å². The Hall–Kier alpha value is -0.240. The summed E-state index contributed by atoms with van der Waals surface area (Å²) in [6, 6.07) is 0. The summed E-state index contributed by atoms with van der Waals surface area (Å²) < 4.78 is 0. The second-order valence-corrected chi connectivity index (χ2v) is 3.47. The molecular weight excluding hydrogens is 152 g/mol. The molecule has 0 aromatic rings. The van der Waals surface area contributed by atoms with E-state index in [9.17, 15) is 4.79 Å². The molecular formula is C7H13ClO2. The number of halogens is 1. The Balaban J connectivity index is 4.12. The number of aliphatic carboxylic acids is 1. The van der Waals surface area contributed by atoms with E-state index in [0.29, 0.717) is 0 Å². The standard InChI is InChI=1S/C7H13ClO2/c1-4(2)6(5(3)8)7(9)10/h4-6H,1-3H3,(H,9,10). The lowest BCUT2D eigenvalue weighted by Gasteiger charge is -2.17. The topological polar surface area (TPSA) is 37.3 Å². The van der Waals surface area contributed by atoms with Gasteiger partial charge < -0.3 is 5.11 Å². The van der Waals surface area contributed by atoms with Crippen molar-refractivity contribution in [1.29, 1.82) is 0 Å². The lowest BCUT2D eigenvalue weighted by atomic mass is 9.93. The number of hydrogen-bond donors (Lipinski definition) is 1. The van der Waals surface area contributed by atoms with Gasteiger partial charge in [0.25, 0.3) is 0 Å². The summed E-state index contributed by atoms with van der Waals surface area (Å²) in [4.78, 5) is 10.5. The van der Waals surface area contributed by atoms with Crippen LogP contribution in [0.1, 0.15) is 20.8 Å². The molecule has 0 aliphatic rings. The Morgan fingerprint density at radius 2 is 1.80 bits per heavy atom. The maximum atomic E-state index is 10.5. The zero-order valence-electron chi connectivity index (χ0n) is 6.47. The molecule has 0 rings (SSSR count). The van der Waals surface area contributed by atoms with E-state index in [2.05, 4.69) is 0 Å². The van der Waals surface area contributed by atoms with Crippen LogP contribution < -0.4 is 0 Å². The van der Waals surface area contributed by atoms with Crippen LogP contribution in [-0.2, 0) is 4.79 Å². The zero-order chi connectivity index (χ0) is 8.31. The molecule has 0 spiro atoms. The first kappa shape index (κ1) is 9.76. The number of carboxylic acids is 1. The van der Waals surface area contributed by atoms with Gasteiger partial charge in [-0.2, -0.15) is 0 Å². The highest BCUT2D eigenvalue weighted by atomic mass is 35.5. The first-order chi connectivity index (χ1) is 4.46. The summed E-state index contributed by atoms with van der Waals surface area (Å²) in [7, 11) is 0. The Kier molecular flexibility index (Phi) is 3.72. The average Bonchev–Trinajstić information content (AvgIpc) is 1.59. The Bertz CT molecular complexity index is 113. The molecule has 10 heavy (non-hydrogen) atoms. The number of rotatable bonds is 3. The van der Waals surface area contributed by atoms with Gasteiger partial charge in [0.05, 0.1) is 5.92 Å². The second-order valence-electron chi connectivity index (χ2n) is 2.79. The third kappa shape index (κ3) is 2.56. The largest absolute Gasteiger partial charge is 0.481 e. The summed E-state index contributed by atoms with van der Waals surface area (Å²) in [6.45, 7) is 5.43. The first-order valence-corrected chi connectivity index (χ1v) is 3.77. The normalized spacial score (nSPS) is 16.9. The number of alkyl halides is 1. The molecule has 0 bridgehead atoms. The fourth-order valence-corrected chi connectivity index (χ4v) is 1.41. The van der Waals surface area contributed by atoms with Crippen molar-refractivity contribution in [2.24, 2.45) is 11.8 Å². The minimum atomic E-state index is -0.808. The molecule has 1 N–H and O–H groups in total. The van der Waals surface area contributed by atoms with Crippen LogP contribution in [0.3, 0.4) is 0 Å². The molecule has 2 unspecified atom stereocenters. The van der Waals surface area contributed by atoms with Crippen LogP contribution in [0, 0.1) is 11.8 Å². The lowest BCUT2D eigenvalue weighted by Crippen LogP contribution is -2.26.